The van der Waals surface area contributed by atoms with E-state index in [1.165, 1.54) is 25.1 Å². The number of ether oxygens (including phenoxy) is 2. The third-order valence-electron chi connectivity index (χ3n) is 2.38. The van der Waals surface area contributed by atoms with Crippen LogP contribution in [0.15, 0.2) is 36.9 Å². The molecule has 0 amide bonds. The molecule has 0 aliphatic heterocycles. The zero-order chi connectivity index (χ0) is 12.3. The molecule has 88 valence electrons. The lowest BCUT2D eigenvalue weighted by molar-refractivity contribution is 0.0953. The average Bonchev–Trinajstić information content (AvgIpc) is 2.90. The van der Waals surface area contributed by atoms with Crippen LogP contribution in [0.3, 0.4) is 0 Å². The van der Waals surface area contributed by atoms with Gasteiger partial charge in [-0.1, -0.05) is 6.07 Å². The van der Waals surface area contributed by atoms with E-state index in [0.29, 0.717) is 17.1 Å². The van der Waals surface area contributed by atoms with Crippen molar-refractivity contribution in [3.8, 4) is 11.5 Å². The third-order valence-corrected chi connectivity index (χ3v) is 2.38. The van der Waals surface area contributed by atoms with Crippen molar-refractivity contribution in [2.75, 3.05) is 14.2 Å². The average molecular weight is 232 g/mol. The fourth-order valence-corrected chi connectivity index (χ4v) is 1.57. The molecule has 0 aliphatic rings. The first-order valence-electron chi connectivity index (χ1n) is 5.01. The van der Waals surface area contributed by atoms with Crippen LogP contribution in [-0.2, 0) is 0 Å². The van der Waals surface area contributed by atoms with Crippen LogP contribution in [0.2, 0.25) is 0 Å². The molecular weight excluding hydrogens is 220 g/mol. The summed E-state index contributed by atoms with van der Waals surface area (Å²) in [6.45, 7) is 0. The third kappa shape index (κ3) is 1.99. The normalized spacial score (nSPS) is 10.0. The highest BCUT2D eigenvalue weighted by atomic mass is 16.5. The zero-order valence-electron chi connectivity index (χ0n) is 9.58. The Labute approximate surface area is 98.6 Å². The summed E-state index contributed by atoms with van der Waals surface area (Å²) in [7, 11) is 3.03. The molecule has 0 saturated heterocycles. The number of nitrogens with zero attached hydrogens (tertiary/aromatic N) is 2. The van der Waals surface area contributed by atoms with Crippen molar-refractivity contribution in [1.29, 1.82) is 0 Å². The van der Waals surface area contributed by atoms with Gasteiger partial charge in [-0.15, -0.1) is 0 Å². The Morgan fingerprint density at radius 3 is 2.35 bits per heavy atom. The van der Waals surface area contributed by atoms with Crippen molar-refractivity contribution in [2.45, 2.75) is 0 Å². The predicted molar refractivity (Wildman–Crippen MR) is 61.5 cm³/mol. The van der Waals surface area contributed by atoms with Gasteiger partial charge < -0.3 is 9.47 Å². The van der Waals surface area contributed by atoms with Crippen LogP contribution in [0.4, 0.5) is 0 Å². The Morgan fingerprint density at radius 2 is 1.88 bits per heavy atom. The summed E-state index contributed by atoms with van der Waals surface area (Å²) in [6, 6.07) is 5.20. The highest BCUT2D eigenvalue weighted by Crippen LogP contribution is 2.28. The fourth-order valence-electron chi connectivity index (χ4n) is 1.57. The maximum Gasteiger partial charge on any atom is 0.270 e. The number of hydrogen-bond acceptors (Lipinski definition) is 4. The van der Waals surface area contributed by atoms with Crippen LogP contribution >= 0.6 is 0 Å². The van der Waals surface area contributed by atoms with Gasteiger partial charge in [-0.25, -0.2) is 4.98 Å². The second-order valence-electron chi connectivity index (χ2n) is 3.31. The molecule has 2 rings (SSSR count). The number of benzene rings is 1. The number of aromatic nitrogens is 2. The van der Waals surface area contributed by atoms with Crippen LogP contribution in [0.5, 0.6) is 11.5 Å². The fraction of sp³-hybridized carbons (Fsp3) is 0.167. The minimum atomic E-state index is -0.239. The first kappa shape index (κ1) is 11.2. The van der Waals surface area contributed by atoms with E-state index in [1.807, 2.05) is 0 Å². The molecule has 1 aromatic carbocycles. The lowest BCUT2D eigenvalue weighted by Gasteiger charge is -2.11. The number of carbonyl (C=O) groups is 1. The molecule has 17 heavy (non-hydrogen) atoms. The molecule has 1 aromatic heterocycles. The molecular formula is C12H12N2O3. The Kier molecular flexibility index (Phi) is 3.09. The van der Waals surface area contributed by atoms with E-state index >= 15 is 0 Å². The number of imidazole rings is 1. The molecule has 0 saturated carbocycles. The highest BCUT2D eigenvalue weighted by Gasteiger charge is 2.19. The van der Waals surface area contributed by atoms with E-state index < -0.39 is 0 Å². The van der Waals surface area contributed by atoms with E-state index in [0.717, 1.165) is 0 Å². The smallest absolute Gasteiger partial charge is 0.270 e. The Morgan fingerprint density at radius 1 is 1.24 bits per heavy atom. The van der Waals surface area contributed by atoms with Crippen molar-refractivity contribution in [1.82, 2.24) is 9.55 Å². The second-order valence-corrected chi connectivity index (χ2v) is 3.31. The quantitative estimate of drug-likeness (QED) is 0.806. The highest BCUT2D eigenvalue weighted by molar-refractivity contribution is 6.01. The van der Waals surface area contributed by atoms with Crippen molar-refractivity contribution >= 4 is 5.91 Å². The van der Waals surface area contributed by atoms with Crippen LogP contribution in [0.25, 0.3) is 0 Å². The van der Waals surface area contributed by atoms with Gasteiger partial charge in [0.2, 0.25) is 0 Å². The van der Waals surface area contributed by atoms with Crippen molar-refractivity contribution < 1.29 is 14.3 Å². The summed E-state index contributed by atoms with van der Waals surface area (Å²) in [5.41, 5.74) is 0.385. The molecule has 0 aliphatic carbocycles. The second kappa shape index (κ2) is 4.69. The van der Waals surface area contributed by atoms with Crippen LogP contribution < -0.4 is 9.47 Å². The zero-order valence-corrected chi connectivity index (χ0v) is 9.58. The van der Waals surface area contributed by atoms with Gasteiger partial charge in [0, 0.05) is 12.4 Å². The van der Waals surface area contributed by atoms with E-state index in [-0.39, 0.29) is 5.91 Å². The summed E-state index contributed by atoms with van der Waals surface area (Å²) in [5, 5.41) is 0. The van der Waals surface area contributed by atoms with E-state index in [2.05, 4.69) is 4.98 Å². The lowest BCUT2D eigenvalue weighted by Crippen LogP contribution is -2.12. The summed E-state index contributed by atoms with van der Waals surface area (Å²) in [4.78, 5) is 16.1. The molecule has 0 spiro atoms. The number of methoxy groups -OCH3 is 2. The van der Waals surface area contributed by atoms with Gasteiger partial charge in [0.1, 0.15) is 23.4 Å². The number of hydrogen-bond donors (Lipinski definition) is 0. The van der Waals surface area contributed by atoms with Gasteiger partial charge in [0.15, 0.2) is 0 Å². The van der Waals surface area contributed by atoms with Gasteiger partial charge in [0.25, 0.3) is 5.91 Å². The van der Waals surface area contributed by atoms with E-state index in [4.69, 9.17) is 9.47 Å². The molecule has 2 aromatic rings. The Hall–Kier alpha value is -2.30. The minimum Gasteiger partial charge on any atom is -0.496 e. The van der Waals surface area contributed by atoms with Gasteiger partial charge in [-0.3, -0.25) is 9.36 Å². The summed E-state index contributed by atoms with van der Waals surface area (Å²) < 4.78 is 11.7. The maximum atomic E-state index is 12.2. The monoisotopic (exact) mass is 232 g/mol. The molecule has 0 unspecified atom stereocenters. The lowest BCUT2D eigenvalue weighted by atomic mass is 10.1. The molecule has 0 N–H and O–H groups in total. The summed E-state index contributed by atoms with van der Waals surface area (Å²) in [5.74, 6) is 0.711. The predicted octanol–water partition coefficient (Wildman–Crippen LogP) is 1.59. The first-order valence-corrected chi connectivity index (χ1v) is 5.01. The standard InChI is InChI=1S/C12H12N2O3/c1-16-9-4-3-5-10(17-2)11(9)12(15)14-7-6-13-8-14/h3-8H,1-2H3. The summed E-state index contributed by atoms with van der Waals surface area (Å²) in [6.07, 6.45) is 4.56. The number of carbonyl (C=O) groups excluding carboxylic acids is 1. The van der Waals surface area contributed by atoms with Crippen LogP contribution in [-0.4, -0.2) is 29.7 Å². The molecule has 0 fully saturated rings. The molecule has 5 nitrogen and oxygen atoms in total. The molecule has 0 radical (unpaired) electrons. The SMILES string of the molecule is COc1cccc(OC)c1C(=O)n1ccnc1. The Bertz CT molecular complexity index is 498. The maximum absolute atomic E-state index is 12.2. The first-order chi connectivity index (χ1) is 8.27. The van der Waals surface area contributed by atoms with Gasteiger partial charge in [-0.2, -0.15) is 0 Å². The van der Waals surface area contributed by atoms with Crippen molar-refractivity contribution in [3.63, 3.8) is 0 Å². The van der Waals surface area contributed by atoms with Crippen LogP contribution in [0, 0.1) is 0 Å². The topological polar surface area (TPSA) is 53.4 Å². The van der Waals surface area contributed by atoms with E-state index in [9.17, 15) is 4.79 Å². The summed E-state index contributed by atoms with van der Waals surface area (Å²) >= 11 is 0. The molecule has 1 heterocycles. The molecule has 0 bridgehead atoms. The van der Waals surface area contributed by atoms with Gasteiger partial charge >= 0.3 is 0 Å². The molecule has 5 heteroatoms. The van der Waals surface area contributed by atoms with Gasteiger partial charge in [0.05, 0.1) is 14.2 Å². The number of rotatable bonds is 3. The van der Waals surface area contributed by atoms with E-state index in [1.54, 1.807) is 30.6 Å². The van der Waals surface area contributed by atoms with Gasteiger partial charge in [-0.05, 0) is 12.1 Å². The largest absolute Gasteiger partial charge is 0.496 e. The Balaban J connectivity index is 2.53. The van der Waals surface area contributed by atoms with Crippen molar-refractivity contribution in [3.05, 3.63) is 42.5 Å². The van der Waals surface area contributed by atoms with Crippen LogP contribution in [0.1, 0.15) is 10.4 Å². The minimum absolute atomic E-state index is 0.239. The molecule has 0 atom stereocenters. The van der Waals surface area contributed by atoms with Crippen molar-refractivity contribution in [2.24, 2.45) is 0 Å².